The number of hydrogen-bond acceptors (Lipinski definition) is 11. The van der Waals surface area contributed by atoms with E-state index in [2.05, 4.69) is 44.6 Å². The van der Waals surface area contributed by atoms with Crippen molar-refractivity contribution in [1.82, 2.24) is 30.4 Å². The van der Waals surface area contributed by atoms with E-state index in [9.17, 15) is 14.7 Å². The summed E-state index contributed by atoms with van der Waals surface area (Å²) in [6.45, 7) is 13.6. The average Bonchev–Trinajstić information content (AvgIpc) is 3.47. The number of aryl methyl sites for hydroxylation is 1. The molecule has 0 unspecified atom stereocenters. The number of ether oxygens (including phenoxy) is 1. The Morgan fingerprint density at radius 3 is 2.62 bits per heavy atom. The number of anilines is 2. The molecule has 13 nitrogen and oxygen atoms in total. The average molecular weight is 647 g/mol. The predicted molar refractivity (Wildman–Crippen MR) is 178 cm³/mol. The Labute approximate surface area is 275 Å². The molecule has 5 heterocycles. The number of nitrogens with one attached hydrogen (secondary N) is 3. The summed E-state index contributed by atoms with van der Waals surface area (Å²) in [5.41, 5.74) is 3.54. The number of rotatable bonds is 11. The lowest BCUT2D eigenvalue weighted by molar-refractivity contribution is -0.132. The molecule has 3 aliphatic heterocycles. The molecule has 6 rings (SSSR count). The Morgan fingerprint density at radius 1 is 1.13 bits per heavy atom. The maximum atomic E-state index is 13.5. The summed E-state index contributed by atoms with van der Waals surface area (Å²) in [7, 11) is 0. The molecule has 2 atom stereocenters. The number of aliphatic hydroxyl groups is 1. The standard InChI is InChI=1S/C34H46N8O5/c1-21(2)40-7-9-41(10-8-40)33-14-25(13-32(39-33)38-27-17-42(18-27)23(4)43)34(45)36-16-30(44)29-12-24-5-6-28(11-26(24)15-35-29)46-19-31-22(3)37-20-47-31/h5-6,11,13-14,20-21,27,29-30,35,44H,7-10,12,15-19H2,1-4H3,(H,36,45)(H,38,39)/t29-,30+/m0/s1. The molecule has 0 aliphatic carbocycles. The van der Waals surface area contributed by atoms with Gasteiger partial charge >= 0.3 is 0 Å². The van der Waals surface area contributed by atoms with Crippen LogP contribution in [0, 0.1) is 6.92 Å². The molecular formula is C34H46N8O5. The number of carbonyl (C=O) groups is 2. The number of carbonyl (C=O) groups excluding carboxylic acids is 2. The van der Waals surface area contributed by atoms with Crippen LogP contribution in [0.3, 0.4) is 0 Å². The van der Waals surface area contributed by atoms with Gasteiger partial charge in [0.05, 0.1) is 17.8 Å². The zero-order valence-electron chi connectivity index (χ0n) is 27.7. The fourth-order valence-corrected chi connectivity index (χ4v) is 6.32. The van der Waals surface area contributed by atoms with Crippen LogP contribution in [-0.2, 0) is 24.4 Å². The highest BCUT2D eigenvalue weighted by molar-refractivity contribution is 5.95. The summed E-state index contributed by atoms with van der Waals surface area (Å²) >= 11 is 0. The summed E-state index contributed by atoms with van der Waals surface area (Å²) in [6, 6.07) is 9.90. The minimum Gasteiger partial charge on any atom is -0.486 e. The summed E-state index contributed by atoms with van der Waals surface area (Å²) in [5, 5.41) is 20.9. The van der Waals surface area contributed by atoms with E-state index >= 15 is 0 Å². The minimum atomic E-state index is -0.784. The molecule has 0 bridgehead atoms. The number of aliphatic hydroxyl groups excluding tert-OH is 1. The number of pyridine rings is 1. The highest BCUT2D eigenvalue weighted by Gasteiger charge is 2.30. The Kier molecular flexibility index (Phi) is 9.95. The van der Waals surface area contributed by atoms with Crippen LogP contribution < -0.4 is 25.6 Å². The normalized spacial score (nSPS) is 19.2. The molecule has 2 aromatic heterocycles. The topological polar surface area (TPSA) is 148 Å². The van der Waals surface area contributed by atoms with Crippen molar-refractivity contribution in [3.63, 3.8) is 0 Å². The van der Waals surface area contributed by atoms with Gasteiger partial charge in [-0.1, -0.05) is 6.07 Å². The van der Waals surface area contributed by atoms with Crippen molar-refractivity contribution >= 4 is 23.5 Å². The number of fused-ring (bicyclic) bond motifs is 1. The zero-order valence-corrected chi connectivity index (χ0v) is 27.7. The van der Waals surface area contributed by atoms with Crippen molar-refractivity contribution in [1.29, 1.82) is 0 Å². The van der Waals surface area contributed by atoms with E-state index in [0.717, 1.165) is 54.6 Å². The molecule has 3 aromatic rings. The fourth-order valence-electron chi connectivity index (χ4n) is 6.32. The van der Waals surface area contributed by atoms with Crippen molar-refractivity contribution in [3.05, 3.63) is 64.9 Å². The van der Waals surface area contributed by atoms with Gasteiger partial charge in [-0.15, -0.1) is 0 Å². The van der Waals surface area contributed by atoms with E-state index in [0.29, 0.717) is 55.8 Å². The molecule has 13 heteroatoms. The van der Waals surface area contributed by atoms with Crippen molar-refractivity contribution in [2.24, 2.45) is 0 Å². The summed E-state index contributed by atoms with van der Waals surface area (Å²) in [5.74, 6) is 2.58. The number of hydrogen-bond donors (Lipinski definition) is 4. The number of amides is 2. The van der Waals surface area contributed by atoms with Crippen LogP contribution in [0.5, 0.6) is 5.75 Å². The Balaban J connectivity index is 1.06. The molecular weight excluding hydrogens is 600 g/mol. The second-order valence-corrected chi connectivity index (χ2v) is 13.0. The van der Waals surface area contributed by atoms with Crippen LogP contribution in [0.2, 0.25) is 0 Å². The first-order valence-electron chi connectivity index (χ1n) is 16.5. The van der Waals surface area contributed by atoms with Gasteiger partial charge in [-0.25, -0.2) is 9.97 Å². The monoisotopic (exact) mass is 646 g/mol. The van der Waals surface area contributed by atoms with Crippen LogP contribution in [0.4, 0.5) is 11.6 Å². The van der Waals surface area contributed by atoms with Crippen LogP contribution in [0.1, 0.15) is 53.7 Å². The van der Waals surface area contributed by atoms with Gasteiger partial charge in [-0.05, 0) is 62.6 Å². The van der Waals surface area contributed by atoms with Gasteiger partial charge in [-0.2, -0.15) is 0 Å². The molecule has 0 spiro atoms. The summed E-state index contributed by atoms with van der Waals surface area (Å²) < 4.78 is 11.3. The Morgan fingerprint density at radius 2 is 1.91 bits per heavy atom. The zero-order chi connectivity index (χ0) is 33.1. The quantitative estimate of drug-likeness (QED) is 0.242. The van der Waals surface area contributed by atoms with Gasteiger partial charge in [0.25, 0.3) is 5.91 Å². The Bertz CT molecular complexity index is 1560. The van der Waals surface area contributed by atoms with Gasteiger partial charge < -0.3 is 40.0 Å². The minimum absolute atomic E-state index is 0.0512. The van der Waals surface area contributed by atoms with Gasteiger partial charge in [0.15, 0.2) is 12.2 Å². The first kappa shape index (κ1) is 32.7. The molecule has 0 saturated carbocycles. The van der Waals surface area contributed by atoms with Crippen molar-refractivity contribution < 1.29 is 23.8 Å². The number of oxazole rings is 1. The number of benzene rings is 1. The van der Waals surface area contributed by atoms with Crippen LogP contribution in [-0.4, -0.2) is 107 Å². The molecule has 2 amide bonds. The van der Waals surface area contributed by atoms with Crippen LogP contribution >= 0.6 is 0 Å². The molecule has 0 radical (unpaired) electrons. The molecule has 252 valence electrons. The predicted octanol–water partition coefficient (Wildman–Crippen LogP) is 1.94. The third-order valence-electron chi connectivity index (χ3n) is 9.44. The molecule has 2 fully saturated rings. The van der Waals surface area contributed by atoms with E-state index in [-0.39, 0.29) is 30.4 Å². The maximum absolute atomic E-state index is 13.5. The lowest BCUT2D eigenvalue weighted by Crippen LogP contribution is -2.56. The van der Waals surface area contributed by atoms with Crippen molar-refractivity contribution in [2.45, 2.75) is 71.5 Å². The lowest BCUT2D eigenvalue weighted by atomic mass is 9.92. The van der Waals surface area contributed by atoms with Gasteiger partial charge in [0, 0.05) is 76.9 Å². The molecule has 3 aliphatic rings. The van der Waals surface area contributed by atoms with Gasteiger partial charge in [0.1, 0.15) is 24.0 Å². The molecule has 4 N–H and O–H groups in total. The van der Waals surface area contributed by atoms with E-state index in [1.807, 2.05) is 31.2 Å². The number of aromatic nitrogens is 2. The van der Waals surface area contributed by atoms with E-state index in [4.69, 9.17) is 14.1 Å². The first-order valence-corrected chi connectivity index (χ1v) is 16.5. The van der Waals surface area contributed by atoms with Crippen LogP contribution in [0.15, 0.2) is 41.1 Å². The number of likely N-dealkylation sites (tertiary alicyclic amines) is 1. The highest BCUT2D eigenvalue weighted by atomic mass is 16.5. The van der Waals surface area contributed by atoms with E-state index in [1.54, 1.807) is 17.9 Å². The SMILES string of the molecule is CC(=O)N1CC(Nc2cc(C(=O)NC[C@@H](O)[C@@H]3Cc4ccc(OCc5ocnc5C)cc4CN3)cc(N3CCN(C(C)C)CC3)n2)C1. The highest BCUT2D eigenvalue weighted by Crippen LogP contribution is 2.25. The maximum Gasteiger partial charge on any atom is 0.251 e. The first-order chi connectivity index (χ1) is 22.6. The largest absolute Gasteiger partial charge is 0.486 e. The molecule has 2 saturated heterocycles. The lowest BCUT2D eigenvalue weighted by Gasteiger charge is -2.40. The molecule has 47 heavy (non-hydrogen) atoms. The van der Waals surface area contributed by atoms with Crippen molar-refractivity contribution in [2.75, 3.05) is 56.0 Å². The van der Waals surface area contributed by atoms with Crippen LogP contribution in [0.25, 0.3) is 0 Å². The molecule has 1 aromatic carbocycles. The van der Waals surface area contributed by atoms with Gasteiger partial charge in [-0.3, -0.25) is 14.5 Å². The summed E-state index contributed by atoms with van der Waals surface area (Å²) in [4.78, 5) is 40.5. The summed E-state index contributed by atoms with van der Waals surface area (Å²) in [6.07, 6.45) is 1.26. The van der Waals surface area contributed by atoms with E-state index in [1.165, 1.54) is 6.39 Å². The third kappa shape index (κ3) is 7.86. The van der Waals surface area contributed by atoms with Gasteiger partial charge in [0.2, 0.25) is 5.91 Å². The van der Waals surface area contributed by atoms with Crippen molar-refractivity contribution in [3.8, 4) is 5.75 Å². The number of piperazine rings is 1. The third-order valence-corrected chi connectivity index (χ3v) is 9.44. The van der Waals surface area contributed by atoms with E-state index < -0.39 is 6.10 Å². The second-order valence-electron chi connectivity index (χ2n) is 13.0. The second kappa shape index (κ2) is 14.3. The number of nitrogens with zero attached hydrogens (tertiary/aromatic N) is 5. The fraction of sp³-hybridized carbons (Fsp3) is 0.529. The smallest absolute Gasteiger partial charge is 0.251 e. The Hall–Kier alpha value is -4.20.